The summed E-state index contributed by atoms with van der Waals surface area (Å²) < 4.78 is 0. The van der Waals surface area contributed by atoms with Crippen LogP contribution in [-0.2, 0) is 4.79 Å². The molecule has 4 rings (SSSR count). The molecule has 4 bridgehead atoms. The third-order valence-corrected chi connectivity index (χ3v) is 5.59. The van der Waals surface area contributed by atoms with Gasteiger partial charge in [0, 0.05) is 12.6 Å². The van der Waals surface area contributed by atoms with Gasteiger partial charge in [-0.1, -0.05) is 13.8 Å². The number of nitrogens with two attached hydrogens (primary N) is 1. The second-order valence-electron chi connectivity index (χ2n) is 7.57. The fraction of sp³-hybridized carbons (Fsp3) is 0.938. The van der Waals surface area contributed by atoms with Crippen LogP contribution in [0.3, 0.4) is 0 Å². The summed E-state index contributed by atoms with van der Waals surface area (Å²) in [6.45, 7) is 5.47. The van der Waals surface area contributed by atoms with E-state index in [1.807, 2.05) is 0 Å². The van der Waals surface area contributed by atoms with E-state index in [0.29, 0.717) is 12.0 Å². The van der Waals surface area contributed by atoms with Gasteiger partial charge < -0.3 is 10.6 Å². The minimum absolute atomic E-state index is 0.172. The zero-order valence-electron chi connectivity index (χ0n) is 12.3. The SMILES string of the molecule is CC(C)CN(C(=O)CN)C1C2CC3CC(C2)CC1C3. The van der Waals surface area contributed by atoms with E-state index in [9.17, 15) is 4.79 Å². The van der Waals surface area contributed by atoms with Gasteiger partial charge in [0.15, 0.2) is 0 Å². The van der Waals surface area contributed by atoms with Crippen molar-refractivity contribution in [2.75, 3.05) is 13.1 Å². The molecule has 4 aliphatic carbocycles. The molecule has 3 heteroatoms. The Balaban J connectivity index is 1.80. The number of rotatable bonds is 4. The molecule has 108 valence electrons. The topological polar surface area (TPSA) is 46.3 Å². The Morgan fingerprint density at radius 2 is 1.63 bits per heavy atom. The van der Waals surface area contributed by atoms with Crippen molar-refractivity contribution in [1.29, 1.82) is 0 Å². The van der Waals surface area contributed by atoms with Crippen molar-refractivity contribution < 1.29 is 4.79 Å². The van der Waals surface area contributed by atoms with Crippen molar-refractivity contribution in [2.24, 2.45) is 35.3 Å². The van der Waals surface area contributed by atoms with Crippen molar-refractivity contribution >= 4 is 5.91 Å². The first-order valence-electron chi connectivity index (χ1n) is 8.08. The Hall–Kier alpha value is -0.570. The Morgan fingerprint density at radius 1 is 1.11 bits per heavy atom. The molecule has 0 aliphatic heterocycles. The van der Waals surface area contributed by atoms with Gasteiger partial charge in [-0.3, -0.25) is 4.79 Å². The Morgan fingerprint density at radius 3 is 2.05 bits per heavy atom. The number of nitrogens with zero attached hydrogens (tertiary/aromatic N) is 1. The van der Waals surface area contributed by atoms with E-state index < -0.39 is 0 Å². The second kappa shape index (κ2) is 5.08. The fourth-order valence-electron chi connectivity index (χ4n) is 5.31. The molecule has 19 heavy (non-hydrogen) atoms. The molecule has 4 aliphatic rings. The molecular weight excluding hydrogens is 236 g/mol. The van der Waals surface area contributed by atoms with Gasteiger partial charge in [-0.2, -0.15) is 0 Å². The van der Waals surface area contributed by atoms with Crippen LogP contribution < -0.4 is 5.73 Å². The average Bonchev–Trinajstić information content (AvgIpc) is 2.34. The molecule has 0 spiro atoms. The molecule has 0 atom stereocenters. The molecule has 2 N–H and O–H groups in total. The first kappa shape index (κ1) is 13.4. The highest BCUT2D eigenvalue weighted by atomic mass is 16.2. The first-order valence-corrected chi connectivity index (χ1v) is 8.08. The van der Waals surface area contributed by atoms with E-state index in [1.165, 1.54) is 32.1 Å². The molecule has 0 radical (unpaired) electrons. The standard InChI is InChI=1S/C16H28N2O/c1-10(2)9-18(15(19)8-17)16-13-4-11-3-12(6-13)7-14(16)5-11/h10-14,16H,3-9,17H2,1-2H3. The molecule has 1 amide bonds. The van der Waals surface area contributed by atoms with Gasteiger partial charge in [0.05, 0.1) is 6.54 Å². The number of carbonyl (C=O) groups is 1. The van der Waals surface area contributed by atoms with Crippen molar-refractivity contribution in [2.45, 2.75) is 52.0 Å². The number of amides is 1. The number of carbonyl (C=O) groups excluding carboxylic acids is 1. The number of hydrogen-bond acceptors (Lipinski definition) is 2. The van der Waals surface area contributed by atoms with E-state index >= 15 is 0 Å². The van der Waals surface area contributed by atoms with Crippen LogP contribution in [0.2, 0.25) is 0 Å². The summed E-state index contributed by atoms with van der Waals surface area (Å²) in [5, 5.41) is 0. The van der Waals surface area contributed by atoms with E-state index in [-0.39, 0.29) is 12.5 Å². The van der Waals surface area contributed by atoms with Crippen LogP contribution in [0.5, 0.6) is 0 Å². The summed E-state index contributed by atoms with van der Waals surface area (Å²) in [5.41, 5.74) is 5.65. The minimum atomic E-state index is 0.172. The van der Waals surface area contributed by atoms with Gasteiger partial charge >= 0.3 is 0 Å². The maximum atomic E-state index is 12.3. The molecule has 0 unspecified atom stereocenters. The molecule has 4 fully saturated rings. The lowest BCUT2D eigenvalue weighted by atomic mass is 9.54. The molecule has 0 aromatic rings. The average molecular weight is 264 g/mol. The molecule has 4 saturated carbocycles. The van der Waals surface area contributed by atoms with Crippen LogP contribution in [0.1, 0.15) is 46.0 Å². The summed E-state index contributed by atoms with van der Waals surface area (Å²) in [6, 6.07) is 0.506. The summed E-state index contributed by atoms with van der Waals surface area (Å²) in [5.74, 6) is 4.18. The maximum absolute atomic E-state index is 12.3. The normalized spacial score (nSPS) is 39.9. The van der Waals surface area contributed by atoms with Crippen molar-refractivity contribution in [1.82, 2.24) is 4.90 Å². The smallest absolute Gasteiger partial charge is 0.236 e. The quantitative estimate of drug-likeness (QED) is 0.846. The largest absolute Gasteiger partial charge is 0.338 e. The van der Waals surface area contributed by atoms with E-state index in [4.69, 9.17) is 5.73 Å². The van der Waals surface area contributed by atoms with Crippen LogP contribution in [0.15, 0.2) is 0 Å². The Labute approximate surface area is 116 Å². The lowest BCUT2D eigenvalue weighted by Gasteiger charge is -2.57. The first-order chi connectivity index (χ1) is 9.08. The second-order valence-corrected chi connectivity index (χ2v) is 7.57. The summed E-state index contributed by atoms with van der Waals surface area (Å²) >= 11 is 0. The van der Waals surface area contributed by atoms with E-state index in [0.717, 1.165) is 30.2 Å². The van der Waals surface area contributed by atoms with Gasteiger partial charge in [0.2, 0.25) is 5.91 Å². The summed E-state index contributed by atoms with van der Waals surface area (Å²) in [4.78, 5) is 14.4. The number of hydrogen-bond donors (Lipinski definition) is 1. The van der Waals surface area contributed by atoms with Crippen LogP contribution in [0, 0.1) is 29.6 Å². The summed E-state index contributed by atoms with van der Waals surface area (Å²) in [6.07, 6.45) is 6.93. The highest BCUT2D eigenvalue weighted by Gasteiger charge is 2.50. The van der Waals surface area contributed by atoms with Crippen molar-refractivity contribution in [3.05, 3.63) is 0 Å². The molecule has 0 aromatic heterocycles. The van der Waals surface area contributed by atoms with Crippen molar-refractivity contribution in [3.8, 4) is 0 Å². The molecule has 0 heterocycles. The van der Waals surface area contributed by atoms with Crippen molar-refractivity contribution in [3.63, 3.8) is 0 Å². The highest BCUT2D eigenvalue weighted by Crippen LogP contribution is 2.55. The van der Waals surface area contributed by atoms with Crippen LogP contribution in [0.4, 0.5) is 0 Å². The Kier molecular flexibility index (Phi) is 3.59. The highest BCUT2D eigenvalue weighted by molar-refractivity contribution is 5.78. The molecular formula is C16H28N2O. The van der Waals surface area contributed by atoms with Crippen LogP contribution in [-0.4, -0.2) is 29.9 Å². The maximum Gasteiger partial charge on any atom is 0.236 e. The third-order valence-electron chi connectivity index (χ3n) is 5.59. The predicted molar refractivity (Wildman–Crippen MR) is 76.4 cm³/mol. The molecule has 0 aromatic carbocycles. The molecule has 3 nitrogen and oxygen atoms in total. The zero-order valence-corrected chi connectivity index (χ0v) is 12.3. The lowest BCUT2D eigenvalue weighted by Crippen LogP contribution is -2.59. The van der Waals surface area contributed by atoms with Gasteiger partial charge in [0.25, 0.3) is 0 Å². The van der Waals surface area contributed by atoms with Gasteiger partial charge in [-0.25, -0.2) is 0 Å². The van der Waals surface area contributed by atoms with Crippen LogP contribution in [0.25, 0.3) is 0 Å². The lowest BCUT2D eigenvalue weighted by molar-refractivity contribution is -0.143. The van der Waals surface area contributed by atoms with E-state index in [2.05, 4.69) is 18.7 Å². The fourth-order valence-corrected chi connectivity index (χ4v) is 5.31. The van der Waals surface area contributed by atoms with Crippen LogP contribution >= 0.6 is 0 Å². The summed E-state index contributed by atoms with van der Waals surface area (Å²) in [7, 11) is 0. The predicted octanol–water partition coefficient (Wildman–Crippen LogP) is 2.25. The Bertz CT molecular complexity index is 325. The minimum Gasteiger partial charge on any atom is -0.338 e. The van der Waals surface area contributed by atoms with Gasteiger partial charge in [-0.15, -0.1) is 0 Å². The van der Waals surface area contributed by atoms with Gasteiger partial charge in [-0.05, 0) is 61.7 Å². The monoisotopic (exact) mass is 264 g/mol. The molecule has 0 saturated heterocycles. The zero-order chi connectivity index (χ0) is 13.6. The third kappa shape index (κ3) is 2.42. The van der Waals surface area contributed by atoms with E-state index in [1.54, 1.807) is 0 Å². The van der Waals surface area contributed by atoms with Gasteiger partial charge in [0.1, 0.15) is 0 Å².